The Kier molecular flexibility index (Phi) is 3.19. The topological polar surface area (TPSA) is 58.4 Å². The Labute approximate surface area is 96.1 Å². The van der Waals surface area contributed by atoms with Crippen LogP contribution in [0, 0.1) is 21.7 Å². The highest BCUT2D eigenvalue weighted by Gasteiger charge is 2.22. The molecule has 1 heterocycles. The summed E-state index contributed by atoms with van der Waals surface area (Å²) in [4.78, 5) is 9.62. The van der Waals surface area contributed by atoms with Gasteiger partial charge in [0.15, 0.2) is 11.6 Å². The highest BCUT2D eigenvalue weighted by atomic mass is 19.1. The Hall–Kier alpha value is -1.76. The van der Waals surface area contributed by atoms with Gasteiger partial charge in [0.25, 0.3) is 5.69 Å². The molecule has 0 bridgehead atoms. The lowest BCUT2D eigenvalue weighted by Gasteiger charge is -2.29. The van der Waals surface area contributed by atoms with E-state index < -0.39 is 22.2 Å². The highest BCUT2D eigenvalue weighted by molar-refractivity contribution is 5.53. The van der Waals surface area contributed by atoms with Crippen LogP contribution in [0.5, 0.6) is 0 Å². The van der Waals surface area contributed by atoms with Crippen molar-refractivity contribution in [1.82, 2.24) is 5.43 Å². The van der Waals surface area contributed by atoms with Gasteiger partial charge in [-0.05, 0) is 12.8 Å². The number of non-ortho nitro benzene ring substituents is 1. The molecular formula is C10H11F2N3O2. The molecular weight excluding hydrogens is 232 g/mol. The van der Waals surface area contributed by atoms with Crippen molar-refractivity contribution < 1.29 is 13.7 Å². The summed E-state index contributed by atoms with van der Waals surface area (Å²) in [6.45, 7) is 1.11. The maximum absolute atomic E-state index is 13.6. The largest absolute Gasteiger partial charge is 0.303 e. The lowest BCUT2D eigenvalue weighted by molar-refractivity contribution is -0.385. The third-order valence-electron chi connectivity index (χ3n) is 2.59. The predicted octanol–water partition coefficient (Wildman–Crippen LogP) is 1.98. The zero-order valence-electron chi connectivity index (χ0n) is 8.95. The molecule has 1 aliphatic heterocycles. The second-order valence-electron chi connectivity index (χ2n) is 3.78. The van der Waals surface area contributed by atoms with E-state index in [9.17, 15) is 18.9 Å². The molecule has 1 N–H and O–H groups in total. The van der Waals surface area contributed by atoms with Gasteiger partial charge >= 0.3 is 0 Å². The van der Waals surface area contributed by atoms with Crippen LogP contribution in [0.3, 0.4) is 0 Å². The Morgan fingerprint density at radius 2 is 1.94 bits per heavy atom. The molecule has 92 valence electrons. The molecule has 1 saturated heterocycles. The van der Waals surface area contributed by atoms with Gasteiger partial charge in [0.2, 0.25) is 0 Å². The van der Waals surface area contributed by atoms with E-state index in [1.165, 1.54) is 5.01 Å². The number of hydrazine groups is 1. The number of hydrogen-bond acceptors (Lipinski definition) is 4. The van der Waals surface area contributed by atoms with E-state index in [2.05, 4.69) is 5.43 Å². The molecule has 0 saturated carbocycles. The number of hydrogen-bond donors (Lipinski definition) is 1. The van der Waals surface area contributed by atoms with Crippen molar-refractivity contribution in [2.75, 3.05) is 18.1 Å². The molecule has 0 radical (unpaired) electrons. The number of nitro groups is 1. The summed E-state index contributed by atoms with van der Waals surface area (Å²) in [6.07, 6.45) is 1.76. The van der Waals surface area contributed by atoms with Gasteiger partial charge in [-0.3, -0.25) is 10.1 Å². The Morgan fingerprint density at radius 3 is 2.41 bits per heavy atom. The highest BCUT2D eigenvalue weighted by Crippen LogP contribution is 2.28. The van der Waals surface area contributed by atoms with Crippen LogP contribution in [0.4, 0.5) is 20.2 Å². The van der Waals surface area contributed by atoms with E-state index in [1.807, 2.05) is 0 Å². The average Bonchev–Trinajstić information content (AvgIpc) is 2.29. The summed E-state index contributed by atoms with van der Waals surface area (Å²) >= 11 is 0. The van der Waals surface area contributed by atoms with Crippen LogP contribution in [-0.4, -0.2) is 18.0 Å². The number of benzene rings is 1. The molecule has 7 heteroatoms. The first-order chi connectivity index (χ1) is 8.09. The minimum atomic E-state index is -0.925. The average molecular weight is 243 g/mol. The van der Waals surface area contributed by atoms with E-state index in [0.29, 0.717) is 13.1 Å². The summed E-state index contributed by atoms with van der Waals surface area (Å²) < 4.78 is 27.3. The summed E-state index contributed by atoms with van der Waals surface area (Å²) in [5, 5.41) is 11.8. The van der Waals surface area contributed by atoms with Gasteiger partial charge in [-0.25, -0.2) is 14.2 Å². The predicted molar refractivity (Wildman–Crippen MR) is 57.6 cm³/mol. The zero-order valence-corrected chi connectivity index (χ0v) is 8.95. The fraction of sp³-hybridized carbons (Fsp3) is 0.400. The summed E-state index contributed by atoms with van der Waals surface area (Å²) in [7, 11) is 0. The molecule has 5 nitrogen and oxygen atoms in total. The second kappa shape index (κ2) is 4.62. The molecule has 0 aliphatic carbocycles. The van der Waals surface area contributed by atoms with Crippen molar-refractivity contribution >= 4 is 11.4 Å². The third kappa shape index (κ3) is 2.33. The van der Waals surface area contributed by atoms with Crippen molar-refractivity contribution in [2.45, 2.75) is 12.8 Å². The number of nitrogens with one attached hydrogen (secondary N) is 1. The minimum absolute atomic E-state index is 0.254. The lowest BCUT2D eigenvalue weighted by atomic mass is 10.2. The molecule has 1 fully saturated rings. The first-order valence-electron chi connectivity index (χ1n) is 5.24. The van der Waals surface area contributed by atoms with Crippen LogP contribution in [-0.2, 0) is 0 Å². The minimum Gasteiger partial charge on any atom is -0.303 e. The Bertz CT molecular complexity index is 424. The number of anilines is 1. The van der Waals surface area contributed by atoms with Crippen LogP contribution in [0.25, 0.3) is 0 Å². The van der Waals surface area contributed by atoms with Gasteiger partial charge in [-0.2, -0.15) is 0 Å². The molecule has 1 aromatic rings. The van der Waals surface area contributed by atoms with Gasteiger partial charge in [0.05, 0.1) is 17.1 Å². The molecule has 0 atom stereocenters. The van der Waals surface area contributed by atoms with Crippen LogP contribution < -0.4 is 10.4 Å². The summed E-state index contributed by atoms with van der Waals surface area (Å²) in [5.41, 5.74) is 2.01. The van der Waals surface area contributed by atoms with Gasteiger partial charge in [-0.15, -0.1) is 0 Å². The summed E-state index contributed by atoms with van der Waals surface area (Å²) in [6, 6.07) is 1.46. The molecule has 1 aromatic carbocycles. The lowest BCUT2D eigenvalue weighted by Crippen LogP contribution is -2.44. The van der Waals surface area contributed by atoms with E-state index in [0.717, 1.165) is 25.0 Å². The first-order valence-corrected chi connectivity index (χ1v) is 5.24. The first kappa shape index (κ1) is 11.7. The van der Waals surface area contributed by atoms with Crippen molar-refractivity contribution in [3.63, 3.8) is 0 Å². The maximum Gasteiger partial charge on any atom is 0.275 e. The van der Waals surface area contributed by atoms with E-state index >= 15 is 0 Å². The van der Waals surface area contributed by atoms with Crippen LogP contribution in [0.1, 0.15) is 12.8 Å². The van der Waals surface area contributed by atoms with E-state index in [4.69, 9.17) is 0 Å². The Balaban J connectivity index is 2.37. The molecule has 2 rings (SSSR count). The SMILES string of the molecule is O=[N+]([O-])c1cc(F)c(N2CCCCN2)c(F)c1. The fourth-order valence-corrected chi connectivity index (χ4v) is 1.79. The molecule has 0 spiro atoms. The molecule has 0 unspecified atom stereocenters. The zero-order chi connectivity index (χ0) is 12.4. The fourth-order valence-electron chi connectivity index (χ4n) is 1.79. The van der Waals surface area contributed by atoms with Crippen molar-refractivity contribution in [1.29, 1.82) is 0 Å². The van der Waals surface area contributed by atoms with Gasteiger partial charge in [0.1, 0.15) is 5.69 Å². The van der Waals surface area contributed by atoms with Gasteiger partial charge in [-0.1, -0.05) is 0 Å². The quantitative estimate of drug-likeness (QED) is 0.637. The number of halogens is 2. The molecule has 0 amide bonds. The third-order valence-corrected chi connectivity index (χ3v) is 2.59. The van der Waals surface area contributed by atoms with Crippen molar-refractivity contribution in [3.8, 4) is 0 Å². The second-order valence-corrected chi connectivity index (χ2v) is 3.78. The molecule has 17 heavy (non-hydrogen) atoms. The van der Waals surface area contributed by atoms with Crippen LogP contribution in [0.15, 0.2) is 12.1 Å². The molecule has 0 aromatic heterocycles. The van der Waals surface area contributed by atoms with Crippen LogP contribution >= 0.6 is 0 Å². The van der Waals surface area contributed by atoms with Gasteiger partial charge in [0, 0.05) is 13.1 Å². The van der Waals surface area contributed by atoms with E-state index in [-0.39, 0.29) is 5.69 Å². The standard InChI is InChI=1S/C10H11F2N3O2/c11-8-5-7(15(16)17)6-9(12)10(8)14-4-2-1-3-13-14/h5-6,13H,1-4H2. The van der Waals surface area contributed by atoms with Gasteiger partial charge < -0.3 is 5.01 Å². The normalized spacial score (nSPS) is 16.0. The maximum atomic E-state index is 13.6. The Morgan fingerprint density at radius 1 is 1.29 bits per heavy atom. The monoisotopic (exact) mass is 243 g/mol. The van der Waals surface area contributed by atoms with Crippen molar-refractivity contribution in [3.05, 3.63) is 33.9 Å². The smallest absolute Gasteiger partial charge is 0.275 e. The molecule has 1 aliphatic rings. The van der Waals surface area contributed by atoms with Crippen LogP contribution in [0.2, 0.25) is 0 Å². The number of rotatable bonds is 2. The number of nitro benzene ring substituents is 1. The van der Waals surface area contributed by atoms with Crippen molar-refractivity contribution in [2.24, 2.45) is 0 Å². The number of nitrogens with zero attached hydrogens (tertiary/aromatic N) is 2. The summed E-state index contributed by atoms with van der Waals surface area (Å²) in [5.74, 6) is -1.85. The van der Waals surface area contributed by atoms with E-state index in [1.54, 1.807) is 0 Å².